The summed E-state index contributed by atoms with van der Waals surface area (Å²) in [6.45, 7) is 2.03. The van der Waals surface area contributed by atoms with Crippen molar-refractivity contribution in [1.82, 2.24) is 0 Å². The summed E-state index contributed by atoms with van der Waals surface area (Å²) in [5, 5.41) is 3.31. The van der Waals surface area contributed by atoms with Gasteiger partial charge in [0.2, 0.25) is 0 Å². The molecule has 0 aliphatic carbocycles. The van der Waals surface area contributed by atoms with Crippen LogP contribution in [0.1, 0.15) is 5.56 Å². The fourth-order valence-electron chi connectivity index (χ4n) is 1.57. The lowest BCUT2D eigenvalue weighted by Gasteiger charge is -2.08. The molecule has 2 aromatic carbocycles. The number of nitrogens with two attached hydrogens (primary N) is 1. The molecule has 15 heavy (non-hydrogen) atoms. The number of hydrogen-bond donors (Lipinski definition) is 2. The number of anilines is 3. The second-order valence-corrected chi connectivity index (χ2v) is 3.62. The third-order valence-electron chi connectivity index (χ3n) is 2.16. The number of rotatable bonds is 2. The van der Waals surface area contributed by atoms with Crippen molar-refractivity contribution in [3.8, 4) is 0 Å². The van der Waals surface area contributed by atoms with Gasteiger partial charge in [-0.25, -0.2) is 0 Å². The first-order chi connectivity index (χ1) is 7.24. The Kier molecular flexibility index (Phi) is 2.59. The average Bonchev–Trinajstić information content (AvgIpc) is 2.17. The molecule has 2 nitrogen and oxygen atoms in total. The van der Waals surface area contributed by atoms with Crippen LogP contribution < -0.4 is 11.1 Å². The van der Waals surface area contributed by atoms with E-state index in [0.717, 1.165) is 22.6 Å². The molecule has 0 aliphatic heterocycles. The van der Waals surface area contributed by atoms with E-state index in [0.29, 0.717) is 0 Å². The number of hydrogen-bond acceptors (Lipinski definition) is 2. The van der Waals surface area contributed by atoms with Crippen LogP contribution in [0.2, 0.25) is 0 Å². The molecule has 0 unspecified atom stereocenters. The monoisotopic (exact) mass is 198 g/mol. The molecule has 0 amide bonds. The predicted molar refractivity (Wildman–Crippen MR) is 65.3 cm³/mol. The minimum atomic E-state index is 0.786. The van der Waals surface area contributed by atoms with Crippen LogP contribution in [0.5, 0.6) is 0 Å². The summed E-state index contributed by atoms with van der Waals surface area (Å²) in [5.41, 5.74) is 9.82. The third kappa shape index (κ3) is 2.50. The standard InChI is InChI=1S/C13H14N2/c1-10-7-11(14)9-13(8-10)15-12-5-3-2-4-6-12/h2-9,15H,14H2,1H3. The number of nitrogen functional groups attached to an aromatic ring is 1. The first kappa shape index (κ1) is 9.59. The zero-order chi connectivity index (χ0) is 10.7. The van der Waals surface area contributed by atoms with Crippen LogP contribution >= 0.6 is 0 Å². The molecule has 0 saturated heterocycles. The van der Waals surface area contributed by atoms with Gasteiger partial charge in [0.15, 0.2) is 0 Å². The summed E-state index contributed by atoms with van der Waals surface area (Å²) in [6, 6.07) is 16.0. The average molecular weight is 198 g/mol. The van der Waals surface area contributed by atoms with Crippen molar-refractivity contribution in [2.45, 2.75) is 6.92 Å². The van der Waals surface area contributed by atoms with Gasteiger partial charge in [0, 0.05) is 17.1 Å². The van der Waals surface area contributed by atoms with Crippen molar-refractivity contribution in [2.24, 2.45) is 0 Å². The summed E-state index contributed by atoms with van der Waals surface area (Å²) in [5.74, 6) is 0. The fourth-order valence-corrected chi connectivity index (χ4v) is 1.57. The summed E-state index contributed by atoms with van der Waals surface area (Å²) in [6.07, 6.45) is 0. The van der Waals surface area contributed by atoms with E-state index in [-0.39, 0.29) is 0 Å². The molecule has 76 valence electrons. The predicted octanol–water partition coefficient (Wildman–Crippen LogP) is 3.32. The first-order valence-corrected chi connectivity index (χ1v) is 4.93. The van der Waals surface area contributed by atoms with Gasteiger partial charge in [0.25, 0.3) is 0 Å². The minimum Gasteiger partial charge on any atom is -0.399 e. The van der Waals surface area contributed by atoms with Gasteiger partial charge >= 0.3 is 0 Å². The Balaban J connectivity index is 2.25. The highest BCUT2D eigenvalue weighted by atomic mass is 14.9. The van der Waals surface area contributed by atoms with Crippen LogP contribution in [0.3, 0.4) is 0 Å². The van der Waals surface area contributed by atoms with Crippen molar-refractivity contribution >= 4 is 17.1 Å². The molecule has 2 rings (SSSR count). The summed E-state index contributed by atoms with van der Waals surface area (Å²) < 4.78 is 0. The Labute approximate surface area is 89.7 Å². The lowest BCUT2D eigenvalue weighted by Crippen LogP contribution is -1.93. The summed E-state index contributed by atoms with van der Waals surface area (Å²) in [4.78, 5) is 0. The van der Waals surface area contributed by atoms with E-state index < -0.39 is 0 Å². The SMILES string of the molecule is Cc1cc(N)cc(Nc2ccccc2)c1. The number of benzene rings is 2. The smallest absolute Gasteiger partial charge is 0.0407 e. The topological polar surface area (TPSA) is 38.0 Å². The van der Waals surface area contributed by atoms with Crippen LogP contribution in [-0.4, -0.2) is 0 Å². The van der Waals surface area contributed by atoms with E-state index in [1.807, 2.05) is 49.4 Å². The Morgan fingerprint density at radius 3 is 2.33 bits per heavy atom. The molecular formula is C13H14N2. The van der Waals surface area contributed by atoms with Crippen LogP contribution in [0.4, 0.5) is 17.1 Å². The molecule has 0 bridgehead atoms. The number of para-hydroxylation sites is 1. The molecule has 2 heteroatoms. The van der Waals surface area contributed by atoms with E-state index >= 15 is 0 Å². The van der Waals surface area contributed by atoms with Gasteiger partial charge in [-0.2, -0.15) is 0 Å². The highest BCUT2D eigenvalue weighted by Gasteiger charge is 1.96. The summed E-state index contributed by atoms with van der Waals surface area (Å²) >= 11 is 0. The van der Waals surface area contributed by atoms with E-state index in [2.05, 4.69) is 11.4 Å². The molecule has 0 aliphatic rings. The van der Waals surface area contributed by atoms with Crippen molar-refractivity contribution in [1.29, 1.82) is 0 Å². The fraction of sp³-hybridized carbons (Fsp3) is 0.0769. The van der Waals surface area contributed by atoms with E-state index in [1.54, 1.807) is 0 Å². The molecule has 0 atom stereocenters. The van der Waals surface area contributed by atoms with Crippen molar-refractivity contribution < 1.29 is 0 Å². The maximum atomic E-state index is 5.77. The van der Waals surface area contributed by atoms with Gasteiger partial charge < -0.3 is 11.1 Å². The van der Waals surface area contributed by atoms with E-state index in [1.165, 1.54) is 0 Å². The van der Waals surface area contributed by atoms with Gasteiger partial charge in [0.05, 0.1) is 0 Å². The second kappa shape index (κ2) is 4.05. The van der Waals surface area contributed by atoms with Gasteiger partial charge in [-0.05, 0) is 42.8 Å². The lowest BCUT2D eigenvalue weighted by atomic mass is 10.2. The van der Waals surface area contributed by atoms with Gasteiger partial charge in [-0.1, -0.05) is 18.2 Å². The Morgan fingerprint density at radius 2 is 1.67 bits per heavy atom. The molecule has 0 spiro atoms. The molecule has 0 heterocycles. The Hall–Kier alpha value is -1.96. The Morgan fingerprint density at radius 1 is 0.933 bits per heavy atom. The Bertz CT molecular complexity index is 429. The first-order valence-electron chi connectivity index (χ1n) is 4.93. The number of aryl methyl sites for hydroxylation is 1. The second-order valence-electron chi connectivity index (χ2n) is 3.62. The molecule has 0 fully saturated rings. The zero-order valence-electron chi connectivity index (χ0n) is 8.70. The van der Waals surface area contributed by atoms with E-state index in [9.17, 15) is 0 Å². The molecule has 3 N–H and O–H groups in total. The summed E-state index contributed by atoms with van der Waals surface area (Å²) in [7, 11) is 0. The van der Waals surface area contributed by atoms with Gasteiger partial charge in [0.1, 0.15) is 0 Å². The normalized spacial score (nSPS) is 9.93. The van der Waals surface area contributed by atoms with Gasteiger partial charge in [-0.3, -0.25) is 0 Å². The van der Waals surface area contributed by atoms with E-state index in [4.69, 9.17) is 5.73 Å². The largest absolute Gasteiger partial charge is 0.399 e. The molecular weight excluding hydrogens is 184 g/mol. The van der Waals surface area contributed by atoms with Crippen molar-refractivity contribution in [3.63, 3.8) is 0 Å². The molecule has 2 aromatic rings. The van der Waals surface area contributed by atoms with Crippen molar-refractivity contribution in [3.05, 3.63) is 54.1 Å². The quantitative estimate of drug-likeness (QED) is 0.726. The lowest BCUT2D eigenvalue weighted by molar-refractivity contribution is 1.45. The highest BCUT2D eigenvalue weighted by Crippen LogP contribution is 2.20. The maximum Gasteiger partial charge on any atom is 0.0407 e. The van der Waals surface area contributed by atoms with Crippen LogP contribution in [-0.2, 0) is 0 Å². The van der Waals surface area contributed by atoms with Crippen LogP contribution in [0.15, 0.2) is 48.5 Å². The van der Waals surface area contributed by atoms with Crippen LogP contribution in [0, 0.1) is 6.92 Å². The third-order valence-corrected chi connectivity index (χ3v) is 2.16. The zero-order valence-corrected chi connectivity index (χ0v) is 8.70. The molecule has 0 saturated carbocycles. The van der Waals surface area contributed by atoms with Crippen molar-refractivity contribution in [2.75, 3.05) is 11.1 Å². The van der Waals surface area contributed by atoms with Gasteiger partial charge in [-0.15, -0.1) is 0 Å². The number of nitrogens with one attached hydrogen (secondary N) is 1. The molecule has 0 radical (unpaired) electrons. The van der Waals surface area contributed by atoms with Crippen LogP contribution in [0.25, 0.3) is 0 Å². The minimum absolute atomic E-state index is 0.786. The highest BCUT2D eigenvalue weighted by molar-refractivity contribution is 5.64. The maximum absolute atomic E-state index is 5.77. The molecule has 0 aromatic heterocycles.